The monoisotopic (exact) mass is 1250 g/mol. The largest absolute Gasteiger partial charge is 0.479 e. The Morgan fingerprint density at radius 3 is 1.24 bits per heavy atom. The fourth-order valence-electron chi connectivity index (χ4n) is 7.98. The fraction of sp³-hybridized carbons (Fsp3) is 0.933. The second kappa shape index (κ2) is 25.6. The number of carboxylic acids is 2. The number of aliphatic hydroxyl groups is 7. The molecule has 5 rings (SSSR count). The summed E-state index contributed by atoms with van der Waals surface area (Å²) < 4.78 is 234. The third kappa shape index (κ3) is 17.3. The molecule has 5 fully saturated rings. The molecule has 0 bridgehead atoms. The van der Waals surface area contributed by atoms with Crippen molar-refractivity contribution in [3.05, 3.63) is 0 Å². The van der Waals surface area contributed by atoms with Gasteiger partial charge in [0.2, 0.25) is 0 Å². The number of aliphatic carboxylic acids is 2. The average molecular weight is 1250 g/mol. The van der Waals surface area contributed by atoms with E-state index in [0.717, 1.165) is 0 Å². The van der Waals surface area contributed by atoms with Gasteiger partial charge in [-0.15, -0.1) is 0 Å². The summed E-state index contributed by atoms with van der Waals surface area (Å²) >= 11 is 0. The number of nitrogens with two attached hydrogens (primary N) is 3. The number of carboxylic acid groups (broad SMARTS) is 2. The highest BCUT2D eigenvalue weighted by Crippen LogP contribution is 2.37. The van der Waals surface area contributed by atoms with Gasteiger partial charge in [0.05, 0.1) is 37.9 Å². The molecule has 43 nitrogen and oxygen atoms in total. The lowest BCUT2D eigenvalue weighted by atomic mass is 9.94. The molecule has 0 aromatic carbocycles. The van der Waals surface area contributed by atoms with Gasteiger partial charge in [-0.1, -0.05) is 0 Å². The van der Waals surface area contributed by atoms with Gasteiger partial charge in [-0.05, 0) is 0 Å². The molecule has 0 unspecified atom stereocenters. The van der Waals surface area contributed by atoms with Crippen LogP contribution in [0.3, 0.4) is 0 Å². The SMILES string of the molecule is N[C@@H]1[C@@H](O)[C@H](O[C@@H]2O[C@@H](C(=O)O)[C@@H](O[C@H]3O[C@H](COS(=O)(=O)O)[C@@H](O[C@H]4O[C@H](C(=O)O)[C@@H](O[C@H]5O[C@H](COS(=O)(=O)O)[C@@H](O)[C@H](O)[C@H]5N)[C@H](O)[C@H]4O)[C@H](OS(=O)(=O)O)[C@H]3N)[C@H](O)[C@H]2OS(=O)(=O)O)[C@@H](COS(=O)(=O)O)O[C@@H]1O. The minimum absolute atomic E-state index is 1.25. The van der Waals surface area contributed by atoms with E-state index in [1.54, 1.807) is 0 Å². The van der Waals surface area contributed by atoms with Gasteiger partial charge in [0.15, 0.2) is 49.8 Å². The number of hydrogen-bond donors (Lipinski definition) is 17. The molecule has 0 aliphatic carbocycles. The molecule has 5 aliphatic rings. The maximum Gasteiger partial charge on any atom is 0.397 e. The minimum Gasteiger partial charge on any atom is -0.479 e. The van der Waals surface area contributed by atoms with E-state index in [4.69, 9.17) is 68.9 Å². The van der Waals surface area contributed by atoms with Crippen LogP contribution in [-0.2, 0) is 125 Å². The lowest BCUT2D eigenvalue weighted by Gasteiger charge is -2.50. The molecule has 5 aliphatic heterocycles. The van der Waals surface area contributed by atoms with Gasteiger partial charge in [0, 0.05) is 0 Å². The molecule has 0 aromatic heterocycles. The highest BCUT2D eigenvalue weighted by Gasteiger charge is 2.60. The van der Waals surface area contributed by atoms with Gasteiger partial charge in [0.25, 0.3) is 0 Å². The van der Waals surface area contributed by atoms with Crippen molar-refractivity contribution in [3.63, 3.8) is 0 Å². The summed E-state index contributed by atoms with van der Waals surface area (Å²) in [5.41, 5.74) is 17.7. The zero-order valence-corrected chi connectivity index (χ0v) is 42.3. The van der Waals surface area contributed by atoms with Gasteiger partial charge in [-0.25, -0.2) is 30.5 Å². The first kappa shape index (κ1) is 66.3. The van der Waals surface area contributed by atoms with Crippen LogP contribution in [0.15, 0.2) is 0 Å². The van der Waals surface area contributed by atoms with Crippen molar-refractivity contribution >= 4 is 63.9 Å². The van der Waals surface area contributed by atoms with Gasteiger partial charge in [-0.3, -0.25) is 22.8 Å². The molecule has 5 heterocycles. The lowest BCUT2D eigenvalue weighted by Crippen LogP contribution is -2.70. The topological polar surface area (TPSA) is 695 Å². The van der Waals surface area contributed by atoms with E-state index in [1.165, 1.54) is 0 Å². The van der Waals surface area contributed by atoms with Crippen LogP contribution in [0.25, 0.3) is 0 Å². The third-order valence-corrected chi connectivity index (χ3v) is 13.7. The molecule has 20 N–H and O–H groups in total. The summed E-state index contributed by atoms with van der Waals surface area (Å²) in [6.45, 7) is -4.32. The van der Waals surface area contributed by atoms with Crippen LogP contribution in [-0.4, -0.2) is 296 Å². The Morgan fingerprint density at radius 2 is 0.769 bits per heavy atom. The van der Waals surface area contributed by atoms with Crippen molar-refractivity contribution in [1.29, 1.82) is 0 Å². The third-order valence-electron chi connectivity index (χ3n) is 11.5. The van der Waals surface area contributed by atoms with Crippen molar-refractivity contribution in [3.8, 4) is 0 Å². The van der Waals surface area contributed by atoms with Crippen molar-refractivity contribution in [2.45, 2.75) is 153 Å². The molecule has 78 heavy (non-hydrogen) atoms. The smallest absolute Gasteiger partial charge is 0.397 e. The van der Waals surface area contributed by atoms with Gasteiger partial charge in [0.1, 0.15) is 85.5 Å². The van der Waals surface area contributed by atoms with E-state index in [0.29, 0.717) is 0 Å². The Bertz CT molecular complexity index is 2660. The first-order chi connectivity index (χ1) is 35.6. The van der Waals surface area contributed by atoms with E-state index < -0.39 is 237 Å². The van der Waals surface area contributed by atoms with E-state index in [2.05, 4.69) is 20.9 Å². The fourth-order valence-corrected chi connectivity index (χ4v) is 9.91. The standard InChI is InChI=1S/C30H51N3O40S5/c31-7-12(36)16(5(63-26(7)44)2-61-75(48,49)50)66-30-21(73-78(57,58)59)15(39)20(23(71-30)25(42)43)69-28-9(33)18(72-77(54,55)56)17(6(65-28)3-62-76(51,52)53)67-29-14(38)13(37)19(22(70-29)24(40)41)68-27-8(32)11(35)10(34)4(64-27)1-60-74(45,46)47/h4-23,26-30,34-39,44H,1-3,31-33H2,(H,40,41)(H,42,43)(H,45,46,47)(H,48,49,50)(H,51,52,53)(H,54,55,56)(H,57,58,59)/t4-,5-,6-,7-,8-,9-,10-,11-,12-,13-,14-,15+,16-,17-,18-,19+,20+,21-,22+,23-,26+,27-,28-,29+,30-/m1/s1. The minimum atomic E-state index is -5.95. The molecule has 5 saturated heterocycles. The quantitative estimate of drug-likeness (QED) is 0.0422. The Kier molecular flexibility index (Phi) is 21.7. The molecule has 0 amide bonds. The number of ether oxygens (including phenoxy) is 9. The number of carbonyl (C=O) groups is 2. The average Bonchev–Trinajstić information content (AvgIpc) is 3.29. The Balaban J connectivity index is 1.47. The molecule has 0 radical (unpaired) electrons. The van der Waals surface area contributed by atoms with E-state index in [9.17, 15) is 111 Å². The van der Waals surface area contributed by atoms with Crippen molar-refractivity contribution in [1.82, 2.24) is 0 Å². The second-order valence-corrected chi connectivity index (χ2v) is 22.2. The van der Waals surface area contributed by atoms with Crippen LogP contribution in [0.1, 0.15) is 0 Å². The van der Waals surface area contributed by atoms with E-state index in [-0.39, 0.29) is 0 Å². The Hall–Kier alpha value is -2.47. The summed E-state index contributed by atoms with van der Waals surface area (Å²) in [6.07, 6.45) is -55.2. The Morgan fingerprint density at radius 1 is 0.372 bits per heavy atom. The predicted octanol–water partition coefficient (Wildman–Crippen LogP) is -12.7. The number of rotatable bonds is 23. The van der Waals surface area contributed by atoms with E-state index in [1.807, 2.05) is 0 Å². The predicted molar refractivity (Wildman–Crippen MR) is 226 cm³/mol. The summed E-state index contributed by atoms with van der Waals surface area (Å²) in [6, 6.07) is -6.36. The number of aliphatic hydroxyl groups excluding tert-OH is 7. The summed E-state index contributed by atoms with van der Waals surface area (Å²) in [4.78, 5) is 25.3. The molecule has 0 aromatic rings. The summed E-state index contributed by atoms with van der Waals surface area (Å²) in [5, 5.41) is 96.1. The van der Waals surface area contributed by atoms with Crippen LogP contribution >= 0.6 is 0 Å². The van der Waals surface area contributed by atoms with Crippen LogP contribution in [0.4, 0.5) is 0 Å². The zero-order chi connectivity index (χ0) is 59.1. The second-order valence-electron chi connectivity index (χ2n) is 16.9. The highest BCUT2D eigenvalue weighted by atomic mass is 32.3. The molecule has 0 saturated carbocycles. The maximum absolute atomic E-state index is 12.7. The Labute approximate surface area is 437 Å². The first-order valence-corrected chi connectivity index (χ1v) is 28.0. The zero-order valence-electron chi connectivity index (χ0n) is 38.2. The van der Waals surface area contributed by atoms with Crippen LogP contribution in [0.5, 0.6) is 0 Å². The van der Waals surface area contributed by atoms with Crippen LogP contribution in [0, 0.1) is 0 Å². The lowest BCUT2D eigenvalue weighted by molar-refractivity contribution is -0.371. The van der Waals surface area contributed by atoms with Crippen LogP contribution < -0.4 is 17.2 Å². The van der Waals surface area contributed by atoms with Gasteiger partial charge < -0.3 is 106 Å². The summed E-state index contributed by atoms with van der Waals surface area (Å²) in [7, 11) is -28.1. The molecule has 456 valence electrons. The normalized spacial score (nSPS) is 42.5. The van der Waals surface area contributed by atoms with Crippen molar-refractivity contribution < 1.29 is 184 Å². The van der Waals surface area contributed by atoms with Crippen LogP contribution in [0.2, 0.25) is 0 Å². The first-order valence-electron chi connectivity index (χ1n) is 21.1. The molecule has 48 heteroatoms. The molecule has 0 spiro atoms. The van der Waals surface area contributed by atoms with Crippen molar-refractivity contribution in [2.24, 2.45) is 17.2 Å². The van der Waals surface area contributed by atoms with E-state index >= 15 is 0 Å². The molecule has 25 atom stereocenters. The molecular formula is C30H51N3O40S5. The van der Waals surface area contributed by atoms with Gasteiger partial charge >= 0.3 is 63.9 Å². The maximum atomic E-state index is 12.7. The molecular weight excluding hydrogens is 1200 g/mol. The van der Waals surface area contributed by atoms with Gasteiger partial charge in [-0.2, -0.15) is 42.1 Å². The highest BCUT2D eigenvalue weighted by molar-refractivity contribution is 7.81. The summed E-state index contributed by atoms with van der Waals surface area (Å²) in [5.74, 6) is -4.40. The number of hydrogen-bond acceptors (Lipinski definition) is 36. The van der Waals surface area contributed by atoms with Crippen molar-refractivity contribution in [2.75, 3.05) is 19.8 Å².